The Morgan fingerprint density at radius 2 is 1.50 bits per heavy atom. The second-order valence-electron chi connectivity index (χ2n) is 6.33. The average Bonchev–Trinajstić information content (AvgIpc) is 2.57. The SMILES string of the molecule is CNCC1CCCC(c2ccccc2)(c2ccccc2)C1.Cl. The zero-order valence-electron chi connectivity index (χ0n) is 13.3. The van der Waals surface area contributed by atoms with Crippen molar-refractivity contribution >= 4 is 12.4 Å². The Morgan fingerprint density at radius 1 is 0.955 bits per heavy atom. The van der Waals surface area contributed by atoms with Crippen LogP contribution in [0, 0.1) is 5.92 Å². The van der Waals surface area contributed by atoms with E-state index in [1.54, 1.807) is 0 Å². The molecule has 1 aliphatic carbocycles. The van der Waals surface area contributed by atoms with Crippen LogP contribution in [0.2, 0.25) is 0 Å². The van der Waals surface area contributed by atoms with E-state index in [0.29, 0.717) is 0 Å². The maximum Gasteiger partial charge on any atom is 0.0206 e. The van der Waals surface area contributed by atoms with Crippen molar-refractivity contribution in [3.8, 4) is 0 Å². The van der Waals surface area contributed by atoms with E-state index in [0.717, 1.165) is 12.5 Å². The molecule has 2 aromatic rings. The van der Waals surface area contributed by atoms with Gasteiger partial charge in [-0.1, -0.05) is 67.1 Å². The lowest BCUT2D eigenvalue weighted by Crippen LogP contribution is -2.37. The number of nitrogens with one attached hydrogen (secondary N) is 1. The van der Waals surface area contributed by atoms with Crippen LogP contribution in [0.5, 0.6) is 0 Å². The molecule has 0 amide bonds. The Labute approximate surface area is 140 Å². The lowest BCUT2D eigenvalue weighted by Gasteiger charge is -2.42. The molecule has 2 aromatic carbocycles. The topological polar surface area (TPSA) is 12.0 Å². The molecule has 0 heterocycles. The molecule has 0 saturated heterocycles. The quantitative estimate of drug-likeness (QED) is 0.854. The van der Waals surface area contributed by atoms with E-state index in [9.17, 15) is 0 Å². The van der Waals surface area contributed by atoms with Gasteiger partial charge in [0.15, 0.2) is 0 Å². The predicted octanol–water partition coefficient (Wildman–Crippen LogP) is 4.80. The van der Waals surface area contributed by atoms with Crippen molar-refractivity contribution < 1.29 is 0 Å². The highest BCUT2D eigenvalue weighted by Gasteiger charge is 2.38. The summed E-state index contributed by atoms with van der Waals surface area (Å²) in [7, 11) is 2.07. The second kappa shape index (κ2) is 7.80. The molecule has 22 heavy (non-hydrogen) atoms. The average molecular weight is 316 g/mol. The maximum atomic E-state index is 3.38. The third kappa shape index (κ3) is 3.37. The first-order valence-corrected chi connectivity index (χ1v) is 8.11. The Kier molecular flexibility index (Phi) is 6.05. The smallest absolute Gasteiger partial charge is 0.0206 e. The third-order valence-electron chi connectivity index (χ3n) is 5.00. The molecule has 0 radical (unpaired) electrons. The van der Waals surface area contributed by atoms with Gasteiger partial charge in [-0.2, -0.15) is 0 Å². The normalized spacial score (nSPS) is 20.1. The monoisotopic (exact) mass is 315 g/mol. The first kappa shape index (κ1) is 17.1. The summed E-state index contributed by atoms with van der Waals surface area (Å²) in [4.78, 5) is 0. The van der Waals surface area contributed by atoms with Gasteiger partial charge in [0.2, 0.25) is 0 Å². The molecule has 118 valence electrons. The Bertz CT molecular complexity index is 511. The number of hydrogen-bond acceptors (Lipinski definition) is 1. The maximum absolute atomic E-state index is 3.38. The summed E-state index contributed by atoms with van der Waals surface area (Å²) < 4.78 is 0. The minimum Gasteiger partial charge on any atom is -0.319 e. The molecular weight excluding hydrogens is 290 g/mol. The van der Waals surface area contributed by atoms with Crippen LogP contribution < -0.4 is 5.32 Å². The van der Waals surface area contributed by atoms with Crippen molar-refractivity contribution in [3.05, 3.63) is 71.8 Å². The molecule has 3 rings (SSSR count). The fourth-order valence-electron chi connectivity index (χ4n) is 4.06. The Hall–Kier alpha value is -1.31. The van der Waals surface area contributed by atoms with Crippen LogP contribution in [0.15, 0.2) is 60.7 Å². The van der Waals surface area contributed by atoms with Crippen molar-refractivity contribution in [2.75, 3.05) is 13.6 Å². The molecular formula is C20H26ClN. The van der Waals surface area contributed by atoms with E-state index in [1.807, 2.05) is 0 Å². The first-order valence-electron chi connectivity index (χ1n) is 8.11. The minimum atomic E-state index is 0. The molecule has 0 spiro atoms. The lowest BCUT2D eigenvalue weighted by molar-refractivity contribution is 0.253. The molecule has 1 unspecified atom stereocenters. The van der Waals surface area contributed by atoms with Crippen molar-refractivity contribution in [2.24, 2.45) is 5.92 Å². The fraction of sp³-hybridized carbons (Fsp3) is 0.400. The molecule has 1 saturated carbocycles. The molecule has 2 heteroatoms. The van der Waals surface area contributed by atoms with Gasteiger partial charge in [0.05, 0.1) is 0 Å². The molecule has 1 fully saturated rings. The first-order chi connectivity index (χ1) is 10.3. The van der Waals surface area contributed by atoms with E-state index in [4.69, 9.17) is 0 Å². The van der Waals surface area contributed by atoms with Gasteiger partial charge in [-0.05, 0) is 49.9 Å². The van der Waals surface area contributed by atoms with E-state index < -0.39 is 0 Å². The van der Waals surface area contributed by atoms with Crippen LogP contribution >= 0.6 is 12.4 Å². The van der Waals surface area contributed by atoms with Crippen molar-refractivity contribution in [1.82, 2.24) is 5.32 Å². The molecule has 1 aliphatic rings. The van der Waals surface area contributed by atoms with Gasteiger partial charge >= 0.3 is 0 Å². The van der Waals surface area contributed by atoms with E-state index in [2.05, 4.69) is 73.0 Å². The summed E-state index contributed by atoms with van der Waals surface area (Å²) >= 11 is 0. The van der Waals surface area contributed by atoms with E-state index in [-0.39, 0.29) is 17.8 Å². The summed E-state index contributed by atoms with van der Waals surface area (Å²) in [5.41, 5.74) is 3.16. The number of halogens is 1. The number of benzene rings is 2. The van der Waals surface area contributed by atoms with Gasteiger partial charge in [0.1, 0.15) is 0 Å². The van der Waals surface area contributed by atoms with Crippen molar-refractivity contribution in [3.63, 3.8) is 0 Å². The summed E-state index contributed by atoms with van der Waals surface area (Å²) in [6.07, 6.45) is 5.18. The predicted molar refractivity (Wildman–Crippen MR) is 96.8 cm³/mol. The molecule has 1 N–H and O–H groups in total. The van der Waals surface area contributed by atoms with Crippen LogP contribution in [0.1, 0.15) is 36.8 Å². The molecule has 1 atom stereocenters. The van der Waals surface area contributed by atoms with Crippen LogP contribution in [0.3, 0.4) is 0 Å². The van der Waals surface area contributed by atoms with Gasteiger partial charge in [-0.15, -0.1) is 12.4 Å². The standard InChI is InChI=1S/C20H25N.ClH/c1-21-16-17-9-8-14-20(15-17,18-10-4-2-5-11-18)19-12-6-3-7-13-19;/h2-7,10-13,17,21H,8-9,14-16H2,1H3;1H. The Balaban J connectivity index is 0.00000176. The summed E-state index contributed by atoms with van der Waals surface area (Å²) in [6.45, 7) is 1.13. The Morgan fingerprint density at radius 3 is 2.00 bits per heavy atom. The summed E-state index contributed by atoms with van der Waals surface area (Å²) in [6, 6.07) is 22.2. The van der Waals surface area contributed by atoms with Crippen molar-refractivity contribution in [1.29, 1.82) is 0 Å². The van der Waals surface area contributed by atoms with Gasteiger partial charge in [0.25, 0.3) is 0 Å². The van der Waals surface area contributed by atoms with Crippen LogP contribution in [0.4, 0.5) is 0 Å². The minimum absolute atomic E-state index is 0. The molecule has 0 aliphatic heterocycles. The van der Waals surface area contributed by atoms with Gasteiger partial charge in [-0.25, -0.2) is 0 Å². The fourth-order valence-corrected chi connectivity index (χ4v) is 4.06. The summed E-state index contributed by atoms with van der Waals surface area (Å²) in [5, 5.41) is 3.38. The van der Waals surface area contributed by atoms with Crippen LogP contribution in [-0.2, 0) is 5.41 Å². The van der Waals surface area contributed by atoms with Crippen LogP contribution in [0.25, 0.3) is 0 Å². The molecule has 0 bridgehead atoms. The summed E-state index contributed by atoms with van der Waals surface area (Å²) in [5.74, 6) is 0.768. The van der Waals surface area contributed by atoms with Gasteiger partial charge < -0.3 is 5.32 Å². The van der Waals surface area contributed by atoms with E-state index >= 15 is 0 Å². The van der Waals surface area contributed by atoms with Gasteiger partial charge in [0, 0.05) is 5.41 Å². The lowest BCUT2D eigenvalue weighted by atomic mass is 9.62. The number of rotatable bonds is 4. The van der Waals surface area contributed by atoms with Gasteiger partial charge in [-0.3, -0.25) is 0 Å². The highest BCUT2D eigenvalue weighted by molar-refractivity contribution is 5.85. The zero-order valence-corrected chi connectivity index (χ0v) is 14.1. The second-order valence-corrected chi connectivity index (χ2v) is 6.33. The molecule has 1 nitrogen and oxygen atoms in total. The zero-order chi connectivity index (χ0) is 14.5. The largest absolute Gasteiger partial charge is 0.319 e. The van der Waals surface area contributed by atoms with E-state index in [1.165, 1.54) is 36.8 Å². The third-order valence-corrected chi connectivity index (χ3v) is 5.00. The van der Waals surface area contributed by atoms with Crippen molar-refractivity contribution in [2.45, 2.75) is 31.1 Å². The molecule has 0 aromatic heterocycles. The number of hydrogen-bond donors (Lipinski definition) is 1. The highest BCUT2D eigenvalue weighted by atomic mass is 35.5. The van der Waals surface area contributed by atoms with Crippen LogP contribution in [-0.4, -0.2) is 13.6 Å². The highest BCUT2D eigenvalue weighted by Crippen LogP contribution is 2.46.